The molecular formula is C12H19I. The van der Waals surface area contributed by atoms with E-state index in [-0.39, 0.29) is 0 Å². The lowest BCUT2D eigenvalue weighted by atomic mass is 10.1. The molecule has 0 bridgehead atoms. The van der Waals surface area contributed by atoms with E-state index in [0.717, 1.165) is 6.42 Å². The normalized spacial score (nSPS) is 13.2. The Kier molecular flexibility index (Phi) is 8.51. The minimum atomic E-state index is 1.05. The Labute approximate surface area is 95.9 Å². The summed E-state index contributed by atoms with van der Waals surface area (Å²) in [5.41, 5.74) is 2.77. The van der Waals surface area contributed by atoms with Crippen molar-refractivity contribution in [3.63, 3.8) is 0 Å². The number of hydrogen-bond donors (Lipinski definition) is 0. The van der Waals surface area contributed by atoms with Crippen LogP contribution < -0.4 is 0 Å². The third kappa shape index (κ3) is 8.28. The van der Waals surface area contributed by atoms with Gasteiger partial charge in [-0.1, -0.05) is 58.5 Å². The van der Waals surface area contributed by atoms with Crippen LogP contribution in [0.3, 0.4) is 0 Å². The lowest BCUT2D eigenvalue weighted by Crippen LogP contribution is -1.79. The van der Waals surface area contributed by atoms with Crippen LogP contribution in [0.15, 0.2) is 36.0 Å². The molecule has 0 amide bonds. The maximum atomic E-state index is 3.72. The van der Waals surface area contributed by atoms with Crippen molar-refractivity contribution < 1.29 is 0 Å². The van der Waals surface area contributed by atoms with Crippen LogP contribution in [-0.2, 0) is 0 Å². The van der Waals surface area contributed by atoms with Crippen molar-refractivity contribution in [3.8, 4) is 0 Å². The standard InChI is InChI=1S/C12H19I/c1-4-11(2)7-5-8-12(3)9-6-10-13/h4,7-8H,1,5-6,9-10H2,2-3H3. The number of hydrogen-bond acceptors (Lipinski definition) is 0. The van der Waals surface area contributed by atoms with Crippen molar-refractivity contribution in [2.45, 2.75) is 33.1 Å². The molecule has 13 heavy (non-hydrogen) atoms. The van der Waals surface area contributed by atoms with Crippen LogP contribution in [0, 0.1) is 0 Å². The molecule has 1 heteroatoms. The first-order valence-electron chi connectivity index (χ1n) is 4.71. The summed E-state index contributed by atoms with van der Waals surface area (Å²) in [6.07, 6.45) is 10.00. The Balaban J connectivity index is 3.76. The summed E-state index contributed by atoms with van der Waals surface area (Å²) in [7, 11) is 0. The molecule has 0 aromatic heterocycles. The van der Waals surface area contributed by atoms with Gasteiger partial charge in [0.05, 0.1) is 0 Å². The van der Waals surface area contributed by atoms with Crippen LogP contribution in [0.5, 0.6) is 0 Å². The van der Waals surface area contributed by atoms with Crippen LogP contribution in [0.4, 0.5) is 0 Å². The van der Waals surface area contributed by atoms with Crippen LogP contribution >= 0.6 is 22.6 Å². The van der Waals surface area contributed by atoms with Crippen LogP contribution in [0.2, 0.25) is 0 Å². The maximum Gasteiger partial charge on any atom is -0.000168 e. The fourth-order valence-corrected chi connectivity index (χ4v) is 1.36. The van der Waals surface area contributed by atoms with Gasteiger partial charge in [-0.25, -0.2) is 0 Å². The van der Waals surface area contributed by atoms with Gasteiger partial charge in [0.25, 0.3) is 0 Å². The summed E-state index contributed by atoms with van der Waals surface area (Å²) in [5.74, 6) is 0. The van der Waals surface area contributed by atoms with Gasteiger partial charge in [-0.2, -0.15) is 0 Å². The van der Waals surface area contributed by atoms with Crippen LogP contribution in [-0.4, -0.2) is 4.43 Å². The van der Waals surface area contributed by atoms with Crippen LogP contribution in [0.1, 0.15) is 33.1 Å². The highest BCUT2D eigenvalue weighted by atomic mass is 127. The molecule has 0 saturated carbocycles. The van der Waals surface area contributed by atoms with Crippen molar-refractivity contribution in [2.75, 3.05) is 4.43 Å². The number of rotatable bonds is 6. The number of allylic oxidation sites excluding steroid dienone is 5. The summed E-state index contributed by atoms with van der Waals surface area (Å²) in [5, 5.41) is 0. The summed E-state index contributed by atoms with van der Waals surface area (Å²) in [6.45, 7) is 8.01. The zero-order chi connectivity index (χ0) is 10.1. The Morgan fingerprint density at radius 3 is 2.54 bits per heavy atom. The van der Waals surface area contributed by atoms with Gasteiger partial charge in [0.2, 0.25) is 0 Å². The van der Waals surface area contributed by atoms with E-state index in [0.29, 0.717) is 0 Å². The van der Waals surface area contributed by atoms with Crippen molar-refractivity contribution in [1.82, 2.24) is 0 Å². The predicted octanol–water partition coefficient (Wildman–Crippen LogP) is 4.67. The van der Waals surface area contributed by atoms with Gasteiger partial charge in [0.1, 0.15) is 0 Å². The maximum absolute atomic E-state index is 3.72. The summed E-state index contributed by atoms with van der Waals surface area (Å²) >= 11 is 2.42. The molecule has 0 aliphatic rings. The van der Waals surface area contributed by atoms with E-state index >= 15 is 0 Å². The fraction of sp³-hybridized carbons (Fsp3) is 0.500. The molecule has 0 nitrogen and oxygen atoms in total. The molecule has 0 atom stereocenters. The van der Waals surface area contributed by atoms with Crippen LogP contribution in [0.25, 0.3) is 0 Å². The van der Waals surface area contributed by atoms with Gasteiger partial charge in [0, 0.05) is 0 Å². The average molecular weight is 290 g/mol. The van der Waals surface area contributed by atoms with Crippen molar-refractivity contribution in [2.24, 2.45) is 0 Å². The van der Waals surface area contributed by atoms with Crippen molar-refractivity contribution in [1.29, 1.82) is 0 Å². The smallest absolute Gasteiger partial charge is 0.000168 e. The highest BCUT2D eigenvalue weighted by Crippen LogP contribution is 2.07. The second kappa shape index (κ2) is 8.54. The van der Waals surface area contributed by atoms with Crippen molar-refractivity contribution >= 4 is 22.6 Å². The molecule has 0 rings (SSSR count). The highest BCUT2D eigenvalue weighted by molar-refractivity contribution is 14.1. The molecule has 0 unspecified atom stereocenters. The van der Waals surface area contributed by atoms with Gasteiger partial charge >= 0.3 is 0 Å². The Morgan fingerprint density at radius 2 is 2.00 bits per heavy atom. The molecule has 0 aliphatic carbocycles. The van der Waals surface area contributed by atoms with Gasteiger partial charge in [-0.05, 0) is 37.5 Å². The zero-order valence-corrected chi connectivity index (χ0v) is 10.8. The van der Waals surface area contributed by atoms with Gasteiger partial charge in [0.15, 0.2) is 0 Å². The molecule has 0 saturated heterocycles. The zero-order valence-electron chi connectivity index (χ0n) is 8.65. The number of halogens is 1. The molecule has 0 spiro atoms. The topological polar surface area (TPSA) is 0 Å². The van der Waals surface area contributed by atoms with E-state index in [9.17, 15) is 0 Å². The third-order valence-electron chi connectivity index (χ3n) is 1.93. The molecule has 0 radical (unpaired) electrons. The molecule has 0 N–H and O–H groups in total. The molecule has 74 valence electrons. The van der Waals surface area contributed by atoms with E-state index in [2.05, 4.69) is 55.2 Å². The number of alkyl halides is 1. The fourth-order valence-electron chi connectivity index (χ4n) is 0.977. The molecule has 0 fully saturated rings. The molecular weight excluding hydrogens is 271 g/mol. The molecule has 0 aliphatic heterocycles. The first-order valence-corrected chi connectivity index (χ1v) is 6.24. The van der Waals surface area contributed by atoms with Gasteiger partial charge in [-0.3, -0.25) is 0 Å². The monoisotopic (exact) mass is 290 g/mol. The minimum Gasteiger partial charge on any atom is -0.0988 e. The average Bonchev–Trinajstić information content (AvgIpc) is 2.14. The van der Waals surface area contributed by atoms with E-state index < -0.39 is 0 Å². The molecule has 0 aromatic rings. The summed E-state index contributed by atoms with van der Waals surface area (Å²) < 4.78 is 1.25. The Hall–Kier alpha value is -0.0500. The van der Waals surface area contributed by atoms with E-state index in [1.165, 1.54) is 28.4 Å². The first-order chi connectivity index (χ1) is 6.20. The SMILES string of the molecule is C=CC(C)=CCC=C(C)CCCI. The molecule has 0 aromatic carbocycles. The van der Waals surface area contributed by atoms with E-state index in [4.69, 9.17) is 0 Å². The van der Waals surface area contributed by atoms with E-state index in [1.54, 1.807) is 0 Å². The van der Waals surface area contributed by atoms with E-state index in [1.807, 2.05) is 6.08 Å². The van der Waals surface area contributed by atoms with Crippen molar-refractivity contribution in [3.05, 3.63) is 36.0 Å². The Bertz CT molecular complexity index is 199. The Morgan fingerprint density at radius 1 is 1.31 bits per heavy atom. The molecule has 0 heterocycles. The lowest BCUT2D eigenvalue weighted by molar-refractivity contribution is 0.920. The van der Waals surface area contributed by atoms with Gasteiger partial charge < -0.3 is 0 Å². The summed E-state index contributed by atoms with van der Waals surface area (Å²) in [4.78, 5) is 0. The second-order valence-electron chi connectivity index (χ2n) is 3.23. The largest absolute Gasteiger partial charge is 0.0988 e. The minimum absolute atomic E-state index is 1.05. The highest BCUT2D eigenvalue weighted by Gasteiger charge is 1.88. The quantitative estimate of drug-likeness (QED) is 0.288. The lowest BCUT2D eigenvalue weighted by Gasteiger charge is -1.97. The third-order valence-corrected chi connectivity index (χ3v) is 2.70. The second-order valence-corrected chi connectivity index (χ2v) is 4.31. The predicted molar refractivity (Wildman–Crippen MR) is 70.4 cm³/mol. The first kappa shape index (κ1) is 12.9. The summed E-state index contributed by atoms with van der Waals surface area (Å²) in [6, 6.07) is 0. The van der Waals surface area contributed by atoms with Gasteiger partial charge in [-0.15, -0.1) is 0 Å².